The highest BCUT2D eigenvalue weighted by Crippen LogP contribution is 2.19. The van der Waals surface area contributed by atoms with Crippen LogP contribution in [-0.4, -0.2) is 62.0 Å². The van der Waals surface area contributed by atoms with Gasteiger partial charge in [-0.2, -0.15) is 0 Å². The van der Waals surface area contributed by atoms with Crippen LogP contribution in [0.3, 0.4) is 0 Å². The van der Waals surface area contributed by atoms with E-state index in [1.54, 1.807) is 4.90 Å². The molecule has 0 unspecified atom stereocenters. The van der Waals surface area contributed by atoms with Gasteiger partial charge in [-0.25, -0.2) is 0 Å². The summed E-state index contributed by atoms with van der Waals surface area (Å²) in [5.41, 5.74) is -0.571. The van der Waals surface area contributed by atoms with Crippen molar-refractivity contribution in [3.63, 3.8) is 0 Å². The van der Waals surface area contributed by atoms with Crippen molar-refractivity contribution < 1.29 is 14.3 Å². The van der Waals surface area contributed by atoms with Gasteiger partial charge in [0.25, 0.3) is 0 Å². The molecule has 17 heavy (non-hydrogen) atoms. The van der Waals surface area contributed by atoms with E-state index in [4.69, 9.17) is 4.74 Å². The fourth-order valence-electron chi connectivity index (χ4n) is 2.08. The molecule has 0 aromatic heterocycles. The van der Waals surface area contributed by atoms with Gasteiger partial charge >= 0.3 is 5.97 Å². The molecule has 98 valence electrons. The third-order valence-electron chi connectivity index (χ3n) is 3.11. The van der Waals surface area contributed by atoms with E-state index in [9.17, 15) is 9.59 Å². The molecule has 1 saturated heterocycles. The molecule has 0 aliphatic carbocycles. The molecule has 0 saturated carbocycles. The first-order chi connectivity index (χ1) is 7.86. The van der Waals surface area contributed by atoms with E-state index in [-0.39, 0.29) is 11.9 Å². The Kier molecular flexibility index (Phi) is 4.51. The highest BCUT2D eigenvalue weighted by atomic mass is 16.5. The lowest BCUT2D eigenvalue weighted by atomic mass is 9.93. The van der Waals surface area contributed by atoms with E-state index in [0.29, 0.717) is 13.1 Å². The minimum absolute atomic E-state index is 0.114. The lowest BCUT2D eigenvalue weighted by Gasteiger charge is -2.29. The maximum absolute atomic E-state index is 11.7. The molecule has 0 bridgehead atoms. The molecule has 1 heterocycles. The Balaban J connectivity index is 2.62. The molecular weight excluding hydrogens is 220 g/mol. The third kappa shape index (κ3) is 3.70. The first kappa shape index (κ1) is 14.0. The number of hydrogen-bond acceptors (Lipinski definition) is 4. The quantitative estimate of drug-likeness (QED) is 0.670. The van der Waals surface area contributed by atoms with Gasteiger partial charge in [0, 0.05) is 26.7 Å². The molecule has 0 spiro atoms. The van der Waals surface area contributed by atoms with Gasteiger partial charge in [0.1, 0.15) is 0 Å². The maximum atomic E-state index is 11.7. The third-order valence-corrected chi connectivity index (χ3v) is 3.11. The fraction of sp³-hybridized carbons (Fsp3) is 0.833. The van der Waals surface area contributed by atoms with E-state index in [1.165, 1.54) is 7.11 Å². The summed E-state index contributed by atoms with van der Waals surface area (Å²) in [5, 5.41) is 0. The smallest absolute Gasteiger partial charge is 0.312 e. The van der Waals surface area contributed by atoms with Crippen LogP contribution in [0.2, 0.25) is 0 Å². The molecule has 1 amide bonds. The van der Waals surface area contributed by atoms with Crippen LogP contribution in [0, 0.1) is 5.41 Å². The monoisotopic (exact) mass is 242 g/mol. The van der Waals surface area contributed by atoms with Gasteiger partial charge in [-0.3, -0.25) is 14.5 Å². The Bertz CT molecular complexity index is 302. The van der Waals surface area contributed by atoms with Crippen LogP contribution in [0.15, 0.2) is 0 Å². The molecular formula is C12H22N2O3. The maximum Gasteiger partial charge on any atom is 0.312 e. The molecule has 5 nitrogen and oxygen atoms in total. The van der Waals surface area contributed by atoms with Crippen LogP contribution >= 0.6 is 0 Å². The summed E-state index contributed by atoms with van der Waals surface area (Å²) in [4.78, 5) is 27.1. The van der Waals surface area contributed by atoms with E-state index in [1.807, 2.05) is 25.8 Å². The van der Waals surface area contributed by atoms with Gasteiger partial charge in [0.15, 0.2) is 0 Å². The second-order valence-corrected chi connectivity index (χ2v) is 5.25. The number of hydrogen-bond donors (Lipinski definition) is 0. The van der Waals surface area contributed by atoms with Crippen molar-refractivity contribution in [2.24, 2.45) is 5.41 Å². The number of nitrogens with zero attached hydrogens (tertiary/aromatic N) is 2. The average molecular weight is 242 g/mol. The number of ether oxygens (including phenoxy) is 1. The van der Waals surface area contributed by atoms with Crippen molar-refractivity contribution in [3.8, 4) is 0 Å². The normalized spacial score (nSPS) is 19.1. The van der Waals surface area contributed by atoms with Gasteiger partial charge in [0.2, 0.25) is 5.91 Å². The summed E-state index contributed by atoms with van der Waals surface area (Å²) in [6.45, 7) is 6.26. The first-order valence-electron chi connectivity index (χ1n) is 5.91. The summed E-state index contributed by atoms with van der Waals surface area (Å²) in [6, 6.07) is 0. The average Bonchev–Trinajstić information content (AvgIpc) is 2.40. The second kappa shape index (κ2) is 5.49. The number of carbonyl (C=O) groups is 2. The van der Waals surface area contributed by atoms with Crippen LogP contribution in [0.25, 0.3) is 0 Å². The van der Waals surface area contributed by atoms with Gasteiger partial charge in [0.05, 0.1) is 19.1 Å². The highest BCUT2D eigenvalue weighted by Gasteiger charge is 2.32. The van der Waals surface area contributed by atoms with Gasteiger partial charge in [-0.15, -0.1) is 0 Å². The number of methoxy groups -OCH3 is 1. The minimum Gasteiger partial charge on any atom is -0.469 e. The molecule has 0 radical (unpaired) electrons. The summed E-state index contributed by atoms with van der Waals surface area (Å²) in [6.07, 6.45) is 0.944. The molecule has 1 aliphatic heterocycles. The summed E-state index contributed by atoms with van der Waals surface area (Å²) in [5.74, 6) is -0.120. The zero-order valence-electron chi connectivity index (χ0n) is 11.2. The number of rotatable bonds is 3. The molecule has 0 aromatic carbocycles. The first-order valence-corrected chi connectivity index (χ1v) is 5.91. The van der Waals surface area contributed by atoms with Crippen LogP contribution in [0.4, 0.5) is 0 Å². The zero-order valence-corrected chi connectivity index (χ0v) is 11.2. The number of esters is 1. The standard InChI is InChI=1S/C12H22N2O3/c1-12(2,11(16)17-4)9-14-7-5-6-13(3)10(15)8-14/h5-9H2,1-4H3. The van der Waals surface area contributed by atoms with Crippen LogP contribution in [0.1, 0.15) is 20.3 Å². The van der Waals surface area contributed by atoms with Crippen molar-refractivity contribution in [2.75, 3.05) is 40.3 Å². The number of likely N-dealkylation sites (N-methyl/N-ethyl adjacent to an activating group) is 1. The zero-order chi connectivity index (χ0) is 13.1. The Morgan fingerprint density at radius 1 is 1.41 bits per heavy atom. The van der Waals surface area contributed by atoms with E-state index in [0.717, 1.165) is 19.5 Å². The predicted octanol–water partition coefficient (Wildman–Crippen LogP) is 0.350. The number of carbonyl (C=O) groups excluding carboxylic acids is 2. The number of amides is 1. The van der Waals surface area contributed by atoms with Crippen molar-refractivity contribution in [2.45, 2.75) is 20.3 Å². The fourth-order valence-corrected chi connectivity index (χ4v) is 2.08. The topological polar surface area (TPSA) is 49.9 Å². The Morgan fingerprint density at radius 2 is 2.06 bits per heavy atom. The Hall–Kier alpha value is -1.10. The molecule has 0 N–H and O–H groups in total. The summed E-state index contributed by atoms with van der Waals surface area (Å²) >= 11 is 0. The van der Waals surface area contributed by atoms with E-state index < -0.39 is 5.41 Å². The molecule has 1 aliphatic rings. The largest absolute Gasteiger partial charge is 0.469 e. The van der Waals surface area contributed by atoms with Crippen molar-refractivity contribution >= 4 is 11.9 Å². The highest BCUT2D eigenvalue weighted by molar-refractivity contribution is 5.79. The van der Waals surface area contributed by atoms with Gasteiger partial charge < -0.3 is 9.64 Å². The van der Waals surface area contributed by atoms with Crippen LogP contribution in [-0.2, 0) is 14.3 Å². The Morgan fingerprint density at radius 3 is 2.65 bits per heavy atom. The van der Waals surface area contributed by atoms with Crippen molar-refractivity contribution in [1.82, 2.24) is 9.80 Å². The molecule has 0 aromatic rings. The van der Waals surface area contributed by atoms with Crippen LogP contribution < -0.4 is 0 Å². The minimum atomic E-state index is -0.571. The van der Waals surface area contributed by atoms with Crippen molar-refractivity contribution in [3.05, 3.63) is 0 Å². The van der Waals surface area contributed by atoms with Crippen LogP contribution in [0.5, 0.6) is 0 Å². The summed E-state index contributed by atoms with van der Waals surface area (Å²) < 4.78 is 4.77. The molecule has 5 heteroatoms. The SMILES string of the molecule is COC(=O)C(C)(C)CN1CCCN(C)C(=O)C1. The second-order valence-electron chi connectivity index (χ2n) is 5.25. The van der Waals surface area contributed by atoms with E-state index in [2.05, 4.69) is 0 Å². The van der Waals surface area contributed by atoms with Gasteiger partial charge in [-0.1, -0.05) is 0 Å². The summed E-state index contributed by atoms with van der Waals surface area (Å²) in [7, 11) is 3.21. The predicted molar refractivity (Wildman–Crippen MR) is 64.5 cm³/mol. The Labute approximate surface area is 103 Å². The lowest BCUT2D eigenvalue weighted by molar-refractivity contribution is -0.152. The molecule has 1 rings (SSSR count). The van der Waals surface area contributed by atoms with Gasteiger partial charge in [-0.05, 0) is 20.3 Å². The molecule has 0 atom stereocenters. The molecule has 1 fully saturated rings. The van der Waals surface area contributed by atoms with E-state index >= 15 is 0 Å². The lowest BCUT2D eigenvalue weighted by Crippen LogP contribution is -2.42. The van der Waals surface area contributed by atoms with Crippen molar-refractivity contribution in [1.29, 1.82) is 0 Å².